The monoisotopic (exact) mass is 286 g/mol. The van der Waals surface area contributed by atoms with E-state index in [-0.39, 0.29) is 5.91 Å². The molecule has 1 amide bonds. The Morgan fingerprint density at radius 3 is 2.57 bits per heavy atom. The lowest BCUT2D eigenvalue weighted by atomic mass is 10.2. The second-order valence-electron chi connectivity index (χ2n) is 5.03. The molecule has 0 radical (unpaired) electrons. The number of nitrogens with zero attached hydrogens (tertiary/aromatic N) is 2. The normalized spacial score (nSPS) is 10.6. The summed E-state index contributed by atoms with van der Waals surface area (Å²) in [5.74, 6) is -0.117. The molecular weight excluding hydrogens is 264 g/mol. The standard InChI is InChI=1S/C16H22N4O/c1-3-10-20(11-12-8-6-5-7-9-12)16(21)15-14(17)13(4-2)18-19-15/h5-9H,3-4,10-11,17H2,1-2H3,(H,18,19). The molecule has 0 saturated carbocycles. The summed E-state index contributed by atoms with van der Waals surface area (Å²) in [6.07, 6.45) is 1.63. The maximum absolute atomic E-state index is 12.7. The van der Waals surface area contributed by atoms with Crippen LogP contribution in [0.4, 0.5) is 5.69 Å². The number of aromatic amines is 1. The van der Waals surface area contributed by atoms with Crippen LogP contribution < -0.4 is 5.73 Å². The zero-order valence-corrected chi connectivity index (χ0v) is 12.6. The molecular formula is C16H22N4O. The second kappa shape index (κ2) is 6.92. The number of anilines is 1. The molecule has 112 valence electrons. The van der Waals surface area contributed by atoms with E-state index < -0.39 is 0 Å². The van der Waals surface area contributed by atoms with E-state index in [0.717, 1.165) is 24.1 Å². The number of nitrogens with two attached hydrogens (primary N) is 1. The van der Waals surface area contributed by atoms with Crippen molar-refractivity contribution in [2.24, 2.45) is 0 Å². The third-order valence-corrected chi connectivity index (χ3v) is 3.44. The van der Waals surface area contributed by atoms with Gasteiger partial charge in [-0.2, -0.15) is 5.10 Å². The Kier molecular flexibility index (Phi) is 4.98. The number of carbonyl (C=O) groups excluding carboxylic acids is 1. The molecule has 1 aromatic carbocycles. The number of carbonyl (C=O) groups is 1. The van der Waals surface area contributed by atoms with Gasteiger partial charge in [-0.1, -0.05) is 44.2 Å². The van der Waals surface area contributed by atoms with E-state index in [1.807, 2.05) is 37.3 Å². The number of benzene rings is 1. The third-order valence-electron chi connectivity index (χ3n) is 3.44. The maximum Gasteiger partial charge on any atom is 0.276 e. The fourth-order valence-electron chi connectivity index (χ4n) is 2.30. The number of hydrogen-bond acceptors (Lipinski definition) is 3. The van der Waals surface area contributed by atoms with Crippen LogP contribution in [-0.4, -0.2) is 27.5 Å². The number of nitrogen functional groups attached to an aromatic ring is 1. The van der Waals surface area contributed by atoms with Gasteiger partial charge in [0.05, 0.1) is 11.4 Å². The zero-order valence-electron chi connectivity index (χ0n) is 12.6. The van der Waals surface area contributed by atoms with Crippen molar-refractivity contribution in [2.45, 2.75) is 33.2 Å². The molecule has 0 aliphatic heterocycles. The highest BCUT2D eigenvalue weighted by molar-refractivity contribution is 5.97. The van der Waals surface area contributed by atoms with Gasteiger partial charge in [-0.15, -0.1) is 0 Å². The summed E-state index contributed by atoms with van der Waals surface area (Å²) in [4.78, 5) is 14.4. The number of aryl methyl sites for hydroxylation is 1. The van der Waals surface area contributed by atoms with Crippen molar-refractivity contribution in [1.82, 2.24) is 15.1 Å². The molecule has 3 N–H and O–H groups in total. The molecule has 0 aliphatic carbocycles. The molecule has 2 aromatic rings. The first-order chi connectivity index (χ1) is 10.2. The Hall–Kier alpha value is -2.30. The molecule has 2 rings (SSSR count). The molecule has 21 heavy (non-hydrogen) atoms. The van der Waals surface area contributed by atoms with Crippen LogP contribution in [0.2, 0.25) is 0 Å². The molecule has 0 saturated heterocycles. The van der Waals surface area contributed by atoms with Crippen molar-refractivity contribution in [3.05, 3.63) is 47.3 Å². The Labute approximate surface area is 125 Å². The average Bonchev–Trinajstić information content (AvgIpc) is 2.88. The van der Waals surface area contributed by atoms with Crippen molar-refractivity contribution < 1.29 is 4.79 Å². The number of nitrogens with one attached hydrogen (secondary N) is 1. The fourth-order valence-corrected chi connectivity index (χ4v) is 2.30. The van der Waals surface area contributed by atoms with Crippen molar-refractivity contribution in [3.8, 4) is 0 Å². The highest BCUT2D eigenvalue weighted by Crippen LogP contribution is 2.18. The van der Waals surface area contributed by atoms with E-state index in [1.165, 1.54) is 0 Å². The quantitative estimate of drug-likeness (QED) is 0.857. The van der Waals surface area contributed by atoms with Crippen LogP contribution in [0, 0.1) is 0 Å². The van der Waals surface area contributed by atoms with E-state index in [4.69, 9.17) is 5.73 Å². The van der Waals surface area contributed by atoms with Gasteiger partial charge >= 0.3 is 0 Å². The summed E-state index contributed by atoms with van der Waals surface area (Å²) >= 11 is 0. The Morgan fingerprint density at radius 1 is 1.29 bits per heavy atom. The van der Waals surface area contributed by atoms with Gasteiger partial charge in [0.2, 0.25) is 0 Å². The molecule has 0 bridgehead atoms. The van der Waals surface area contributed by atoms with Gasteiger partial charge in [-0.05, 0) is 18.4 Å². The average molecular weight is 286 g/mol. The van der Waals surface area contributed by atoms with Gasteiger partial charge in [0, 0.05) is 13.1 Å². The summed E-state index contributed by atoms with van der Waals surface area (Å²) in [7, 11) is 0. The largest absolute Gasteiger partial charge is 0.395 e. The van der Waals surface area contributed by atoms with E-state index in [0.29, 0.717) is 24.5 Å². The van der Waals surface area contributed by atoms with Crippen molar-refractivity contribution >= 4 is 11.6 Å². The first-order valence-corrected chi connectivity index (χ1v) is 7.33. The van der Waals surface area contributed by atoms with Crippen LogP contribution in [0.5, 0.6) is 0 Å². The molecule has 5 heteroatoms. The first kappa shape index (κ1) is 15.1. The van der Waals surface area contributed by atoms with Crippen molar-refractivity contribution in [1.29, 1.82) is 0 Å². The van der Waals surface area contributed by atoms with Gasteiger partial charge < -0.3 is 10.6 Å². The van der Waals surface area contributed by atoms with Gasteiger partial charge in [0.25, 0.3) is 5.91 Å². The van der Waals surface area contributed by atoms with Crippen LogP contribution >= 0.6 is 0 Å². The molecule has 5 nitrogen and oxygen atoms in total. The summed E-state index contributed by atoms with van der Waals surface area (Å²) in [6, 6.07) is 9.95. The van der Waals surface area contributed by atoms with E-state index in [9.17, 15) is 4.79 Å². The molecule has 1 aromatic heterocycles. The van der Waals surface area contributed by atoms with Crippen LogP contribution in [0.25, 0.3) is 0 Å². The van der Waals surface area contributed by atoms with Crippen LogP contribution in [0.3, 0.4) is 0 Å². The minimum Gasteiger partial charge on any atom is -0.395 e. The third kappa shape index (κ3) is 3.42. The minimum absolute atomic E-state index is 0.117. The number of aromatic nitrogens is 2. The Morgan fingerprint density at radius 2 is 2.00 bits per heavy atom. The second-order valence-corrected chi connectivity index (χ2v) is 5.03. The number of rotatable bonds is 6. The summed E-state index contributed by atoms with van der Waals surface area (Å²) in [6.45, 7) is 5.28. The van der Waals surface area contributed by atoms with E-state index in [1.54, 1.807) is 4.90 Å². The van der Waals surface area contributed by atoms with Crippen LogP contribution in [0.15, 0.2) is 30.3 Å². The maximum atomic E-state index is 12.7. The van der Waals surface area contributed by atoms with Gasteiger partial charge in [0.1, 0.15) is 0 Å². The lowest BCUT2D eigenvalue weighted by Gasteiger charge is -2.21. The van der Waals surface area contributed by atoms with Crippen LogP contribution in [0.1, 0.15) is 42.0 Å². The Balaban J connectivity index is 2.20. The summed E-state index contributed by atoms with van der Waals surface area (Å²) in [5.41, 5.74) is 8.72. The summed E-state index contributed by atoms with van der Waals surface area (Å²) < 4.78 is 0. The predicted molar refractivity (Wildman–Crippen MR) is 83.9 cm³/mol. The number of H-pyrrole nitrogens is 1. The van der Waals surface area contributed by atoms with E-state index in [2.05, 4.69) is 17.1 Å². The zero-order chi connectivity index (χ0) is 15.2. The van der Waals surface area contributed by atoms with Gasteiger partial charge in [0.15, 0.2) is 5.69 Å². The highest BCUT2D eigenvalue weighted by Gasteiger charge is 2.22. The smallest absolute Gasteiger partial charge is 0.276 e. The number of amides is 1. The van der Waals surface area contributed by atoms with Gasteiger partial charge in [-0.3, -0.25) is 9.89 Å². The fraction of sp³-hybridized carbons (Fsp3) is 0.375. The van der Waals surface area contributed by atoms with Crippen LogP contribution in [-0.2, 0) is 13.0 Å². The SMILES string of the molecule is CCCN(Cc1ccccc1)C(=O)c1n[nH]c(CC)c1N. The predicted octanol–water partition coefficient (Wildman–Crippen LogP) is 2.61. The lowest BCUT2D eigenvalue weighted by Crippen LogP contribution is -2.32. The topological polar surface area (TPSA) is 75.0 Å². The van der Waals surface area contributed by atoms with Crippen molar-refractivity contribution in [2.75, 3.05) is 12.3 Å². The lowest BCUT2D eigenvalue weighted by molar-refractivity contribution is 0.0738. The van der Waals surface area contributed by atoms with E-state index >= 15 is 0 Å². The molecule has 0 atom stereocenters. The molecule has 0 unspecified atom stereocenters. The van der Waals surface area contributed by atoms with Crippen molar-refractivity contribution in [3.63, 3.8) is 0 Å². The number of hydrogen-bond donors (Lipinski definition) is 2. The van der Waals surface area contributed by atoms with Gasteiger partial charge in [-0.25, -0.2) is 0 Å². The molecule has 0 spiro atoms. The highest BCUT2D eigenvalue weighted by atomic mass is 16.2. The molecule has 0 fully saturated rings. The molecule has 0 aliphatic rings. The first-order valence-electron chi connectivity index (χ1n) is 7.33. The minimum atomic E-state index is -0.117. The Bertz CT molecular complexity index is 592. The molecule has 1 heterocycles. The summed E-state index contributed by atoms with van der Waals surface area (Å²) in [5, 5.41) is 6.93.